The van der Waals surface area contributed by atoms with Gasteiger partial charge in [0.1, 0.15) is 5.60 Å². The quantitative estimate of drug-likeness (QED) is 0.467. The van der Waals surface area contributed by atoms with Crippen molar-refractivity contribution in [2.75, 3.05) is 45.7 Å². The first kappa shape index (κ1) is 26.1. The zero-order valence-electron chi connectivity index (χ0n) is 19.9. The summed E-state index contributed by atoms with van der Waals surface area (Å²) in [5, 5.41) is 5.53. The highest BCUT2D eigenvalue weighted by Gasteiger charge is 2.23. The topological polar surface area (TPSA) is 123 Å². The van der Waals surface area contributed by atoms with Crippen molar-refractivity contribution in [3.8, 4) is 0 Å². The number of hydrogen-bond acceptors (Lipinski definition) is 8. The number of piperidine rings is 1. The second-order valence-corrected chi connectivity index (χ2v) is 8.93. The Morgan fingerprint density at radius 2 is 1.52 bits per heavy atom. The summed E-state index contributed by atoms with van der Waals surface area (Å²) in [7, 11) is 2.47. The van der Waals surface area contributed by atoms with Gasteiger partial charge in [0, 0.05) is 12.2 Å². The summed E-state index contributed by atoms with van der Waals surface area (Å²) in [5.74, 6) is -1.20. The third-order valence-corrected chi connectivity index (χ3v) is 5.07. The molecule has 0 bridgehead atoms. The SMILES string of the molecule is COC(=O)c1cc(NC(=O)CN2CCC(CNC(=O)OC(C)(C)C)CC2)cc(C(=O)OC)c1. The zero-order chi connectivity index (χ0) is 24.6. The van der Waals surface area contributed by atoms with Crippen LogP contribution >= 0.6 is 0 Å². The maximum Gasteiger partial charge on any atom is 0.407 e. The van der Waals surface area contributed by atoms with Crippen LogP contribution in [0.25, 0.3) is 0 Å². The molecule has 1 aliphatic heterocycles. The molecule has 10 nitrogen and oxygen atoms in total. The van der Waals surface area contributed by atoms with Crippen molar-refractivity contribution in [2.45, 2.75) is 39.2 Å². The number of amides is 2. The minimum absolute atomic E-state index is 0.133. The van der Waals surface area contributed by atoms with Gasteiger partial charge in [-0.25, -0.2) is 14.4 Å². The van der Waals surface area contributed by atoms with Gasteiger partial charge in [-0.1, -0.05) is 0 Å². The summed E-state index contributed by atoms with van der Waals surface area (Å²) >= 11 is 0. The van der Waals surface area contributed by atoms with Gasteiger partial charge in [0.05, 0.1) is 31.9 Å². The first-order valence-electron chi connectivity index (χ1n) is 10.8. The molecule has 0 radical (unpaired) electrons. The average Bonchev–Trinajstić information content (AvgIpc) is 2.76. The molecule has 1 aromatic rings. The van der Waals surface area contributed by atoms with Gasteiger partial charge in [-0.05, 0) is 70.8 Å². The van der Waals surface area contributed by atoms with Gasteiger partial charge >= 0.3 is 18.0 Å². The van der Waals surface area contributed by atoms with E-state index in [0.717, 1.165) is 12.8 Å². The molecule has 0 spiro atoms. The standard InChI is InChI=1S/C23H33N3O7/c1-23(2,3)33-22(30)24-13-15-6-8-26(9-7-15)14-19(27)25-18-11-16(20(28)31-4)10-17(12-18)21(29)32-5/h10-12,15H,6-9,13-14H2,1-5H3,(H,24,30)(H,25,27). The number of hydrogen-bond donors (Lipinski definition) is 2. The normalized spacial score (nSPS) is 14.8. The number of benzene rings is 1. The lowest BCUT2D eigenvalue weighted by molar-refractivity contribution is -0.117. The van der Waals surface area contributed by atoms with Crippen LogP contribution in [0.2, 0.25) is 0 Å². The van der Waals surface area contributed by atoms with Crippen molar-refractivity contribution in [2.24, 2.45) is 5.92 Å². The number of nitrogens with one attached hydrogen (secondary N) is 2. The van der Waals surface area contributed by atoms with Crippen molar-refractivity contribution in [3.05, 3.63) is 29.3 Å². The van der Waals surface area contributed by atoms with Crippen LogP contribution in [0.15, 0.2) is 18.2 Å². The number of alkyl carbamates (subject to hydrolysis) is 1. The third-order valence-electron chi connectivity index (χ3n) is 5.07. The number of anilines is 1. The summed E-state index contributed by atoms with van der Waals surface area (Å²) in [4.78, 5) is 50.2. The molecule has 0 unspecified atom stereocenters. The van der Waals surface area contributed by atoms with E-state index < -0.39 is 23.6 Å². The van der Waals surface area contributed by atoms with Gasteiger partial charge in [0.15, 0.2) is 0 Å². The predicted octanol–water partition coefficient (Wildman–Crippen LogP) is 2.43. The highest BCUT2D eigenvalue weighted by molar-refractivity contribution is 5.99. The second kappa shape index (κ2) is 11.6. The summed E-state index contributed by atoms with van der Waals surface area (Å²) in [6.45, 7) is 7.58. The van der Waals surface area contributed by atoms with Crippen LogP contribution in [-0.2, 0) is 19.0 Å². The van der Waals surface area contributed by atoms with Gasteiger partial charge in [0.2, 0.25) is 5.91 Å². The molecule has 10 heteroatoms. The van der Waals surface area contributed by atoms with Crippen molar-refractivity contribution < 1.29 is 33.4 Å². The van der Waals surface area contributed by atoms with Crippen LogP contribution in [0.3, 0.4) is 0 Å². The molecule has 2 N–H and O–H groups in total. The number of nitrogens with zero attached hydrogens (tertiary/aromatic N) is 1. The fourth-order valence-electron chi connectivity index (χ4n) is 3.47. The van der Waals surface area contributed by atoms with Crippen LogP contribution in [-0.4, -0.2) is 74.8 Å². The molecule has 1 aromatic carbocycles. The number of methoxy groups -OCH3 is 2. The van der Waals surface area contributed by atoms with Crippen LogP contribution in [0.5, 0.6) is 0 Å². The fraction of sp³-hybridized carbons (Fsp3) is 0.565. The molecule has 2 amide bonds. The Bertz CT molecular complexity index is 837. The minimum Gasteiger partial charge on any atom is -0.465 e. The first-order valence-corrected chi connectivity index (χ1v) is 10.8. The fourth-order valence-corrected chi connectivity index (χ4v) is 3.47. The molecule has 0 atom stereocenters. The van der Waals surface area contributed by atoms with Crippen LogP contribution in [0.1, 0.15) is 54.3 Å². The third kappa shape index (κ3) is 8.72. The lowest BCUT2D eigenvalue weighted by atomic mass is 9.97. The van der Waals surface area contributed by atoms with E-state index in [0.29, 0.717) is 31.2 Å². The van der Waals surface area contributed by atoms with E-state index in [1.165, 1.54) is 32.4 Å². The summed E-state index contributed by atoms with van der Waals surface area (Å²) in [6.07, 6.45) is 1.26. The number of carbonyl (C=O) groups excluding carboxylic acids is 4. The molecule has 0 aromatic heterocycles. The van der Waals surface area contributed by atoms with Gasteiger partial charge in [-0.3, -0.25) is 9.69 Å². The Labute approximate surface area is 193 Å². The van der Waals surface area contributed by atoms with Gasteiger partial charge in [0.25, 0.3) is 0 Å². The summed E-state index contributed by atoms with van der Waals surface area (Å²) < 4.78 is 14.7. The molecule has 0 aliphatic carbocycles. The number of esters is 2. The van der Waals surface area contributed by atoms with Gasteiger partial charge in [-0.15, -0.1) is 0 Å². The van der Waals surface area contributed by atoms with E-state index in [4.69, 9.17) is 14.2 Å². The summed E-state index contributed by atoms with van der Waals surface area (Å²) in [6, 6.07) is 4.25. The van der Waals surface area contributed by atoms with Gasteiger partial charge < -0.3 is 24.8 Å². The molecular weight excluding hydrogens is 430 g/mol. The van der Waals surface area contributed by atoms with E-state index in [9.17, 15) is 19.2 Å². The van der Waals surface area contributed by atoms with E-state index >= 15 is 0 Å². The Balaban J connectivity index is 1.86. The molecule has 0 saturated carbocycles. The predicted molar refractivity (Wildman–Crippen MR) is 121 cm³/mol. The zero-order valence-corrected chi connectivity index (χ0v) is 19.9. The van der Waals surface area contributed by atoms with Crippen molar-refractivity contribution in [3.63, 3.8) is 0 Å². The molecule has 33 heavy (non-hydrogen) atoms. The van der Waals surface area contributed by atoms with Crippen molar-refractivity contribution in [1.82, 2.24) is 10.2 Å². The molecule has 1 aliphatic rings. The Morgan fingerprint density at radius 3 is 2.00 bits per heavy atom. The van der Waals surface area contributed by atoms with Crippen molar-refractivity contribution in [1.29, 1.82) is 0 Å². The Hall–Kier alpha value is -3.14. The smallest absolute Gasteiger partial charge is 0.407 e. The largest absolute Gasteiger partial charge is 0.465 e. The van der Waals surface area contributed by atoms with E-state index in [2.05, 4.69) is 10.6 Å². The lowest BCUT2D eigenvalue weighted by Gasteiger charge is -2.31. The molecule has 1 saturated heterocycles. The molecule has 182 valence electrons. The Kier molecular flexibility index (Phi) is 9.22. The van der Waals surface area contributed by atoms with E-state index in [1.807, 2.05) is 25.7 Å². The maximum absolute atomic E-state index is 12.6. The van der Waals surface area contributed by atoms with Gasteiger partial charge in [-0.2, -0.15) is 0 Å². The number of carbonyl (C=O) groups is 4. The lowest BCUT2D eigenvalue weighted by Crippen LogP contribution is -2.42. The second-order valence-electron chi connectivity index (χ2n) is 8.93. The highest BCUT2D eigenvalue weighted by atomic mass is 16.6. The van der Waals surface area contributed by atoms with Crippen LogP contribution in [0.4, 0.5) is 10.5 Å². The number of ether oxygens (including phenoxy) is 3. The van der Waals surface area contributed by atoms with E-state index in [1.54, 1.807) is 0 Å². The van der Waals surface area contributed by atoms with Crippen LogP contribution < -0.4 is 10.6 Å². The van der Waals surface area contributed by atoms with Crippen LogP contribution in [0, 0.1) is 5.92 Å². The Morgan fingerprint density at radius 1 is 0.970 bits per heavy atom. The summed E-state index contributed by atoms with van der Waals surface area (Å²) in [5.41, 5.74) is 0.0390. The van der Waals surface area contributed by atoms with Crippen molar-refractivity contribution >= 4 is 29.6 Å². The average molecular weight is 464 g/mol. The maximum atomic E-state index is 12.6. The molecule has 1 fully saturated rings. The first-order chi connectivity index (χ1) is 15.5. The monoisotopic (exact) mass is 463 g/mol. The van der Waals surface area contributed by atoms with E-state index in [-0.39, 0.29) is 23.6 Å². The molecular formula is C23H33N3O7. The molecule has 1 heterocycles. The number of likely N-dealkylation sites (tertiary alicyclic amines) is 1. The molecule has 2 rings (SSSR count). The highest BCUT2D eigenvalue weighted by Crippen LogP contribution is 2.19. The number of rotatable bonds is 7. The minimum atomic E-state index is -0.627.